The van der Waals surface area contributed by atoms with Crippen molar-refractivity contribution in [1.29, 1.82) is 0 Å². The Morgan fingerprint density at radius 1 is 0.343 bits per heavy atom. The Bertz CT molecular complexity index is 1570. The predicted molar refractivity (Wildman–Crippen MR) is 157 cm³/mol. The molecule has 0 atom stereocenters. The highest BCUT2D eigenvalue weighted by atomic mass is 14.4. The van der Waals surface area contributed by atoms with Gasteiger partial charge in [-0.3, -0.25) is 0 Å². The van der Waals surface area contributed by atoms with Crippen molar-refractivity contribution in [1.82, 2.24) is 0 Å². The van der Waals surface area contributed by atoms with Gasteiger partial charge in [0.25, 0.3) is 0 Å². The molecule has 6 aromatic rings. The van der Waals surface area contributed by atoms with E-state index in [0.29, 0.717) is 0 Å². The van der Waals surface area contributed by atoms with E-state index >= 15 is 0 Å². The summed E-state index contributed by atoms with van der Waals surface area (Å²) in [7, 11) is 0. The molecule has 0 radical (unpaired) electrons. The van der Waals surface area contributed by atoms with Crippen LogP contribution in [0.2, 0.25) is 0 Å². The first-order valence-electron chi connectivity index (χ1n) is 13.1. The van der Waals surface area contributed by atoms with Gasteiger partial charge in [0.05, 0.1) is 0 Å². The molecule has 1 aliphatic carbocycles. The first-order valence-corrected chi connectivity index (χ1v) is 13.1. The van der Waals surface area contributed by atoms with E-state index in [1.54, 1.807) is 0 Å². The zero-order valence-corrected chi connectivity index (χ0v) is 21.7. The van der Waals surface area contributed by atoms with Gasteiger partial charge in [0.1, 0.15) is 0 Å². The number of benzene rings is 6. The second-order valence-electron chi connectivity index (χ2n) is 9.31. The zero-order chi connectivity index (χ0) is 24.7. The number of rotatable bonds is 0. The Balaban J connectivity index is 0.000000605. The van der Waals surface area contributed by atoms with Crippen LogP contribution in [0.1, 0.15) is 52.7 Å². The maximum absolute atomic E-state index is 2.42. The van der Waals surface area contributed by atoms with Crippen molar-refractivity contribution in [3.05, 3.63) is 108 Å². The molecular formula is C35H34. The minimum Gasteiger partial charge on any atom is -0.0683 e. The summed E-state index contributed by atoms with van der Waals surface area (Å²) in [5, 5.41) is 10.9. The molecule has 0 saturated heterocycles. The van der Waals surface area contributed by atoms with E-state index in [9.17, 15) is 0 Å². The van der Waals surface area contributed by atoms with Gasteiger partial charge < -0.3 is 0 Å². The summed E-state index contributed by atoms with van der Waals surface area (Å²) in [6, 6.07) is 35.8. The van der Waals surface area contributed by atoms with Crippen molar-refractivity contribution >= 4 is 43.1 Å². The topological polar surface area (TPSA) is 0 Å². The predicted octanol–water partition coefficient (Wildman–Crippen LogP) is 10.7. The molecule has 0 saturated carbocycles. The largest absolute Gasteiger partial charge is 0.0683 e. The van der Waals surface area contributed by atoms with Crippen LogP contribution in [0.25, 0.3) is 54.2 Å². The third-order valence-corrected chi connectivity index (χ3v) is 7.37. The molecule has 0 spiro atoms. The van der Waals surface area contributed by atoms with Crippen molar-refractivity contribution in [2.24, 2.45) is 0 Å². The fraction of sp³-hybridized carbons (Fsp3) is 0.200. The normalized spacial score (nSPS) is 13.1. The SMILES string of the molecule is CC.CC.CC1(C)c2c(c3ccccc3c3ccccc23)-c2c1c1ccccc1c1ccccc21. The first-order chi connectivity index (χ1) is 17.2. The van der Waals surface area contributed by atoms with Gasteiger partial charge in [0.15, 0.2) is 0 Å². The number of hydrogen-bond donors (Lipinski definition) is 0. The summed E-state index contributed by atoms with van der Waals surface area (Å²) in [5.74, 6) is 0. The minimum atomic E-state index is -0.0854. The summed E-state index contributed by atoms with van der Waals surface area (Å²) in [5.41, 5.74) is 5.71. The van der Waals surface area contributed by atoms with Crippen LogP contribution in [0.3, 0.4) is 0 Å². The van der Waals surface area contributed by atoms with Crippen molar-refractivity contribution in [2.75, 3.05) is 0 Å². The molecule has 0 aromatic heterocycles. The lowest BCUT2D eigenvalue weighted by atomic mass is 9.77. The second kappa shape index (κ2) is 8.86. The zero-order valence-electron chi connectivity index (χ0n) is 21.7. The van der Waals surface area contributed by atoms with Crippen molar-refractivity contribution in [3.63, 3.8) is 0 Å². The van der Waals surface area contributed by atoms with E-state index in [4.69, 9.17) is 0 Å². The van der Waals surface area contributed by atoms with E-state index in [2.05, 4.69) is 111 Å². The highest BCUT2D eigenvalue weighted by molar-refractivity contribution is 6.25. The molecule has 0 nitrogen and oxygen atoms in total. The first kappa shape index (κ1) is 23.1. The monoisotopic (exact) mass is 454 g/mol. The average molecular weight is 455 g/mol. The number of hydrogen-bond acceptors (Lipinski definition) is 0. The molecule has 35 heavy (non-hydrogen) atoms. The van der Waals surface area contributed by atoms with Gasteiger partial charge in [-0.15, -0.1) is 0 Å². The lowest BCUT2D eigenvalue weighted by Crippen LogP contribution is -2.16. The van der Waals surface area contributed by atoms with Gasteiger partial charge in [-0.2, -0.15) is 0 Å². The molecule has 1 aliphatic rings. The molecule has 7 rings (SSSR count). The smallest absolute Gasteiger partial charge is 0.0171 e. The molecule has 0 heterocycles. The van der Waals surface area contributed by atoms with Crippen molar-refractivity contribution in [2.45, 2.75) is 47.0 Å². The van der Waals surface area contributed by atoms with E-state index in [0.717, 1.165) is 0 Å². The molecule has 0 N–H and O–H groups in total. The Kier molecular flexibility index (Phi) is 5.85. The van der Waals surface area contributed by atoms with Crippen LogP contribution in [-0.2, 0) is 5.41 Å². The van der Waals surface area contributed by atoms with Crippen LogP contribution in [0.15, 0.2) is 97.1 Å². The van der Waals surface area contributed by atoms with Gasteiger partial charge in [-0.25, -0.2) is 0 Å². The molecule has 0 bridgehead atoms. The van der Waals surface area contributed by atoms with E-state index < -0.39 is 0 Å². The summed E-state index contributed by atoms with van der Waals surface area (Å²) in [4.78, 5) is 0. The Labute approximate surface area is 209 Å². The Morgan fingerprint density at radius 2 is 0.571 bits per heavy atom. The fourth-order valence-electron chi connectivity index (χ4n) is 6.23. The summed E-state index contributed by atoms with van der Waals surface area (Å²) < 4.78 is 0. The highest BCUT2D eigenvalue weighted by Crippen LogP contribution is 2.58. The fourth-order valence-corrected chi connectivity index (χ4v) is 6.23. The van der Waals surface area contributed by atoms with Crippen LogP contribution in [0.5, 0.6) is 0 Å². The van der Waals surface area contributed by atoms with Crippen LogP contribution in [0.4, 0.5) is 0 Å². The molecule has 0 unspecified atom stereocenters. The molecule has 0 fully saturated rings. The standard InChI is InChI=1S/C31H22.2C2H6/c1-31(2)29-25-17-9-5-13-21(25)19-11-3-7-15-23(19)27(29)28-24-16-8-4-12-20(24)22-14-6-10-18-26(22)30(28)31;2*1-2/h3-18H,1-2H3;2*1-2H3. The van der Waals surface area contributed by atoms with Crippen LogP contribution < -0.4 is 0 Å². The summed E-state index contributed by atoms with van der Waals surface area (Å²) >= 11 is 0. The van der Waals surface area contributed by atoms with Gasteiger partial charge in [0.2, 0.25) is 0 Å². The molecule has 0 heteroatoms. The maximum Gasteiger partial charge on any atom is 0.0171 e. The third kappa shape index (κ3) is 3.13. The molecule has 174 valence electrons. The summed E-state index contributed by atoms with van der Waals surface area (Å²) in [6.07, 6.45) is 0. The van der Waals surface area contributed by atoms with Gasteiger partial charge >= 0.3 is 0 Å². The van der Waals surface area contributed by atoms with Crippen LogP contribution >= 0.6 is 0 Å². The van der Waals surface area contributed by atoms with E-state index in [1.807, 2.05) is 27.7 Å². The number of fused-ring (bicyclic) bond motifs is 13. The average Bonchev–Trinajstić information content (AvgIpc) is 3.19. The van der Waals surface area contributed by atoms with Gasteiger partial charge in [-0.1, -0.05) is 139 Å². The van der Waals surface area contributed by atoms with Crippen molar-refractivity contribution in [3.8, 4) is 11.1 Å². The lowest BCUT2D eigenvalue weighted by Gasteiger charge is -2.25. The molecular weight excluding hydrogens is 420 g/mol. The molecule has 6 aromatic carbocycles. The Morgan fingerprint density at radius 3 is 0.886 bits per heavy atom. The van der Waals surface area contributed by atoms with Gasteiger partial charge in [0, 0.05) is 5.41 Å². The maximum atomic E-state index is 2.42. The van der Waals surface area contributed by atoms with Crippen LogP contribution in [-0.4, -0.2) is 0 Å². The van der Waals surface area contributed by atoms with Crippen LogP contribution in [0, 0.1) is 0 Å². The second-order valence-corrected chi connectivity index (χ2v) is 9.31. The van der Waals surface area contributed by atoms with E-state index in [1.165, 1.54) is 65.3 Å². The summed E-state index contributed by atoms with van der Waals surface area (Å²) in [6.45, 7) is 12.8. The van der Waals surface area contributed by atoms with Gasteiger partial charge in [-0.05, 0) is 65.3 Å². The molecule has 0 aliphatic heterocycles. The quantitative estimate of drug-likeness (QED) is 0.200. The van der Waals surface area contributed by atoms with E-state index in [-0.39, 0.29) is 5.41 Å². The molecule has 0 amide bonds. The van der Waals surface area contributed by atoms with Crippen molar-refractivity contribution < 1.29 is 0 Å². The minimum absolute atomic E-state index is 0.0854. The highest BCUT2D eigenvalue weighted by Gasteiger charge is 2.40. The third-order valence-electron chi connectivity index (χ3n) is 7.37. The Hall–Kier alpha value is -3.64. The lowest BCUT2D eigenvalue weighted by molar-refractivity contribution is 0.673.